The van der Waals surface area contributed by atoms with Crippen LogP contribution in [-0.2, 0) is 69.9 Å². The number of hydrogen-bond acceptors (Lipinski definition) is 21. The van der Waals surface area contributed by atoms with Crippen LogP contribution in [0.1, 0.15) is 94.2 Å². The van der Waals surface area contributed by atoms with Gasteiger partial charge in [0.25, 0.3) is 34.4 Å². The van der Waals surface area contributed by atoms with Crippen LogP contribution in [0.4, 0.5) is 52.0 Å². The lowest BCUT2D eigenvalue weighted by molar-refractivity contribution is -0.122. The molecule has 30 heteroatoms. The summed E-state index contributed by atoms with van der Waals surface area (Å²) in [5.41, 5.74) is 15.8. The zero-order valence-corrected chi connectivity index (χ0v) is 68.5. The third kappa shape index (κ3) is 13.8. The Bertz CT molecular complexity index is 6530. The minimum atomic E-state index is -0.175. The number of amides is 3. The van der Waals surface area contributed by atoms with Gasteiger partial charge >= 0.3 is 0 Å². The molecule has 3 amide bonds. The van der Waals surface area contributed by atoms with Crippen molar-refractivity contribution in [1.29, 1.82) is 0 Å². The van der Waals surface area contributed by atoms with Crippen LogP contribution in [0, 0.1) is 0 Å². The molecule has 0 atom stereocenters. The van der Waals surface area contributed by atoms with Crippen molar-refractivity contribution in [2.45, 2.75) is 116 Å². The summed E-state index contributed by atoms with van der Waals surface area (Å²) < 4.78 is 27.5. The van der Waals surface area contributed by atoms with Crippen LogP contribution in [-0.4, -0.2) is 171 Å². The molecule has 6 aromatic heterocycles. The summed E-state index contributed by atoms with van der Waals surface area (Å²) in [4.78, 5) is 119. The van der Waals surface area contributed by atoms with Crippen molar-refractivity contribution in [2.75, 3.05) is 111 Å². The number of fused-ring (bicyclic) bond motifs is 18. The van der Waals surface area contributed by atoms with Crippen molar-refractivity contribution in [3.05, 3.63) is 229 Å². The minimum Gasteiger partial charge on any atom is -0.482 e. The molecule has 30 nitrogen and oxygen atoms in total. The Morgan fingerprint density at radius 3 is 1.18 bits per heavy atom. The van der Waals surface area contributed by atoms with Gasteiger partial charge in [-0.15, -0.1) is 0 Å². The molecule has 6 aromatic carbocycles. The van der Waals surface area contributed by atoms with E-state index >= 15 is 0 Å². The molecule has 9 aliphatic heterocycles. The van der Waals surface area contributed by atoms with E-state index in [9.17, 15) is 28.8 Å². The first kappa shape index (κ1) is 76.6. The summed E-state index contributed by atoms with van der Waals surface area (Å²) in [6.45, 7) is 21.2. The second-order valence-corrected chi connectivity index (χ2v) is 34.0. The zero-order chi connectivity index (χ0) is 82.8. The SMILES string of the molecule is CN1CCc2ccc(Nc3ncc4c(=O)n5n(c4n3)-c3ccc4c(c3)N(CCC=CC5)C(=O)CO4)cc2C1(C)C.CN1Cc2cc(Nc3ncc4c(=O)n5n(c4n3)-c3ccc4c(c3)N(CCC=CC5)C(=O)CO4)ccc2C(C)(C)C1.CN1Cc2ccc(Nc3ncc4c(=O)n5n(c4n3)-c3ccc4c(c3)N(CCC=CC5)C(=O)CO4)cc2C(C)(C)C1. The minimum absolute atomic E-state index is 0.0190. The Labute approximate surface area is 690 Å². The van der Waals surface area contributed by atoms with Gasteiger partial charge in [0.2, 0.25) is 17.8 Å². The monoisotopic (exact) mass is 1610 g/mol. The number of aromatic nitrogens is 12. The Morgan fingerprint density at radius 2 is 0.758 bits per heavy atom. The highest BCUT2D eigenvalue weighted by atomic mass is 16.5. The highest BCUT2D eigenvalue weighted by Crippen LogP contribution is 2.43. The van der Waals surface area contributed by atoms with Gasteiger partial charge in [0.05, 0.1) is 53.8 Å². The standard InChI is InChI=1S/3C30H31N7O3/c1-30(2)18-34(3)16-19-13-20(7-9-23(19)30)32-29-31-15-22-27(33-29)37-21-8-10-25-24(14-21)35(26(38)17-40-25)11-5-4-6-12-36(37)28(22)39;1-30(2)23-15-20(8-7-19(23)11-14-34(30)3)32-29-31-17-22-27(33-29)37-21-9-10-25-24(16-21)35(26(38)18-40-25)12-5-4-6-13-36(37)28(22)39;1-30(2)18-34(3)16-19-7-8-20(13-23(19)30)32-29-31-15-22-27(33-29)37-21-9-10-25-24(14-21)35(26(38)17-40-25)11-5-4-6-12-36(37)28(22)39/h4,6-10,13-15H,5,11-12,16-18H2,1-3H3,(H,31,32,33);4,6-10,15-17H,5,11-14,18H2,1-3H3,(H,31,32,33);4,6-10,13-15H,5,11-12,16-18H2,1-3H3,(H,31,32,33). The predicted molar refractivity (Wildman–Crippen MR) is 461 cm³/mol. The molecule has 0 unspecified atom stereocenters. The van der Waals surface area contributed by atoms with E-state index in [1.165, 1.54) is 33.4 Å². The maximum Gasteiger partial charge on any atom is 0.278 e. The van der Waals surface area contributed by atoms with Crippen molar-refractivity contribution in [2.24, 2.45) is 0 Å². The number of nitrogens with zero attached hydrogens (tertiary/aromatic N) is 18. The number of ether oxygens (including phenoxy) is 3. The molecule has 0 saturated heterocycles. The number of nitrogens with one attached hydrogen (secondary N) is 3. The molecule has 3 N–H and O–H groups in total. The fraction of sp³-hybridized carbons (Fsp3) is 0.333. The summed E-state index contributed by atoms with van der Waals surface area (Å²) in [5, 5.41) is 11.4. The summed E-state index contributed by atoms with van der Waals surface area (Å²) >= 11 is 0. The van der Waals surface area contributed by atoms with Crippen LogP contribution in [0.15, 0.2) is 179 Å². The molecule has 0 spiro atoms. The van der Waals surface area contributed by atoms with E-state index < -0.39 is 0 Å². The van der Waals surface area contributed by atoms with E-state index in [2.05, 4.69) is 163 Å². The molecule has 0 fully saturated rings. The number of carbonyl (C=O) groups excluding carboxylic acids is 3. The Balaban J connectivity index is 0.000000119. The lowest BCUT2D eigenvalue weighted by atomic mass is 9.78. The van der Waals surface area contributed by atoms with E-state index in [1.807, 2.05) is 105 Å². The first-order chi connectivity index (χ1) is 57.9. The maximum atomic E-state index is 13.5. The van der Waals surface area contributed by atoms with Crippen LogP contribution in [0.5, 0.6) is 17.2 Å². The summed E-state index contributed by atoms with van der Waals surface area (Å²) in [5.74, 6) is 2.90. The summed E-state index contributed by atoms with van der Waals surface area (Å²) in [6.07, 6.45) is 19.6. The first-order valence-electron chi connectivity index (χ1n) is 40.8. The van der Waals surface area contributed by atoms with Gasteiger partial charge in [-0.05, 0) is 185 Å². The van der Waals surface area contributed by atoms with E-state index in [1.54, 1.807) is 47.3 Å². The molecular formula is C90H93N21O9. The van der Waals surface area contributed by atoms with Crippen LogP contribution >= 0.6 is 0 Å². The van der Waals surface area contributed by atoms with Crippen molar-refractivity contribution < 1.29 is 28.6 Å². The summed E-state index contributed by atoms with van der Waals surface area (Å²) in [7, 11) is 6.45. The second kappa shape index (κ2) is 29.9. The van der Waals surface area contributed by atoms with Gasteiger partial charge in [-0.1, -0.05) is 82.4 Å². The topological polar surface area (TPSA) is 293 Å². The van der Waals surface area contributed by atoms with Crippen LogP contribution in [0.2, 0.25) is 0 Å². The van der Waals surface area contributed by atoms with E-state index in [-0.39, 0.29) is 70.6 Å². The molecule has 12 aromatic rings. The molecule has 0 aliphatic carbocycles. The molecule has 612 valence electrons. The molecule has 21 rings (SSSR count). The number of rotatable bonds is 6. The molecular weight excluding hydrogens is 1520 g/mol. The number of likely N-dealkylation sites (N-methyl/N-ethyl adjacent to an activating group) is 3. The molecule has 6 bridgehead atoms. The Hall–Kier alpha value is -13.3. The zero-order valence-electron chi connectivity index (χ0n) is 68.5. The van der Waals surface area contributed by atoms with E-state index in [0.717, 1.165) is 56.2 Å². The van der Waals surface area contributed by atoms with Crippen molar-refractivity contribution in [1.82, 2.24) is 72.7 Å². The fourth-order valence-corrected chi connectivity index (χ4v) is 18.4. The normalized spacial score (nSPS) is 18.1. The van der Waals surface area contributed by atoms with Gasteiger partial charge in [-0.2, -0.15) is 15.0 Å². The smallest absolute Gasteiger partial charge is 0.278 e. The average Bonchev–Trinajstić information content (AvgIpc) is 1.51. The highest BCUT2D eigenvalue weighted by molar-refractivity contribution is 6.00. The van der Waals surface area contributed by atoms with Crippen LogP contribution in [0.3, 0.4) is 0 Å². The highest BCUT2D eigenvalue weighted by Gasteiger charge is 2.37. The third-order valence-corrected chi connectivity index (χ3v) is 24.4. The maximum absolute atomic E-state index is 13.5. The van der Waals surface area contributed by atoms with Gasteiger partial charge < -0.3 is 54.7 Å². The predicted octanol–water partition coefficient (Wildman–Crippen LogP) is 11.2. The Morgan fingerprint density at radius 1 is 0.383 bits per heavy atom. The van der Waals surface area contributed by atoms with Crippen molar-refractivity contribution >= 4 is 103 Å². The lowest BCUT2D eigenvalue weighted by Crippen LogP contribution is -2.43. The number of allylic oxidation sites excluding steroid dienone is 3. The van der Waals surface area contributed by atoms with Gasteiger partial charge in [0.1, 0.15) is 33.4 Å². The average molecular weight is 1610 g/mol. The van der Waals surface area contributed by atoms with E-state index in [0.29, 0.717) is 161 Å². The Kier molecular flexibility index (Phi) is 19.1. The fourth-order valence-electron chi connectivity index (χ4n) is 18.4. The van der Waals surface area contributed by atoms with Crippen molar-refractivity contribution in [3.63, 3.8) is 0 Å². The lowest BCUT2D eigenvalue weighted by Gasteiger charge is -2.41. The number of anilines is 9. The van der Waals surface area contributed by atoms with Gasteiger partial charge in [-0.25, -0.2) is 43.0 Å². The summed E-state index contributed by atoms with van der Waals surface area (Å²) in [6, 6.07) is 36.1. The van der Waals surface area contributed by atoms with Crippen molar-refractivity contribution in [3.8, 4) is 34.3 Å². The number of hydrogen-bond donors (Lipinski definition) is 3. The molecule has 9 aliphatic rings. The first-order valence-corrected chi connectivity index (χ1v) is 40.8. The third-order valence-electron chi connectivity index (χ3n) is 24.4. The van der Waals surface area contributed by atoms with Crippen LogP contribution in [0.25, 0.3) is 50.2 Å². The van der Waals surface area contributed by atoms with E-state index in [4.69, 9.17) is 29.2 Å². The molecule has 0 radical (unpaired) electrons. The van der Waals surface area contributed by atoms with Gasteiger partial charge in [0.15, 0.2) is 36.8 Å². The van der Waals surface area contributed by atoms with Crippen LogP contribution < -0.4 is 61.5 Å². The molecule has 120 heavy (non-hydrogen) atoms. The molecule has 15 heterocycles. The van der Waals surface area contributed by atoms with Gasteiger partial charge in [-0.3, -0.25) is 33.7 Å². The quantitative estimate of drug-likeness (QED) is 0.130. The number of benzene rings is 6. The molecule has 0 saturated carbocycles. The number of carbonyl (C=O) groups is 3. The largest absolute Gasteiger partial charge is 0.482 e. The van der Waals surface area contributed by atoms with Gasteiger partial charge in [0, 0.05) is 104 Å². The second-order valence-electron chi connectivity index (χ2n) is 34.0.